The first-order valence-electron chi connectivity index (χ1n) is 4.71. The van der Waals surface area contributed by atoms with Gasteiger partial charge in [0, 0.05) is 18.1 Å². The molecule has 0 atom stereocenters. The van der Waals surface area contributed by atoms with Crippen molar-refractivity contribution in [3.8, 4) is 0 Å². The monoisotopic (exact) mass is 202 g/mol. The fourth-order valence-corrected chi connectivity index (χ4v) is 1.03. The second-order valence-electron chi connectivity index (χ2n) is 2.69. The maximum atomic E-state index is 5.61. The Morgan fingerprint density at radius 3 is 2.85 bits per heavy atom. The Hall–Kier alpha value is -0.470. The van der Waals surface area contributed by atoms with Gasteiger partial charge in [-0.05, 0) is 31.5 Å². The number of hydrogen-bond donors (Lipinski definition) is 2. The maximum Gasteiger partial charge on any atom is 0.0426 e. The lowest BCUT2D eigenvalue weighted by Gasteiger charge is -2.05. The van der Waals surface area contributed by atoms with E-state index in [1.807, 2.05) is 6.08 Å². The number of hydrogen-bond acceptors (Lipinski definition) is 2. The molecule has 0 saturated carbocycles. The van der Waals surface area contributed by atoms with Crippen LogP contribution in [0.1, 0.15) is 19.8 Å². The van der Waals surface area contributed by atoms with Gasteiger partial charge in [0.25, 0.3) is 0 Å². The molecule has 0 rings (SSSR count). The first-order chi connectivity index (χ1) is 6.35. The molecule has 0 spiro atoms. The van der Waals surface area contributed by atoms with Gasteiger partial charge in [0.05, 0.1) is 0 Å². The third-order valence-electron chi connectivity index (χ3n) is 1.54. The molecule has 0 amide bonds. The zero-order valence-electron chi connectivity index (χ0n) is 8.22. The van der Waals surface area contributed by atoms with Crippen molar-refractivity contribution in [2.45, 2.75) is 19.8 Å². The molecule has 76 valence electrons. The van der Waals surface area contributed by atoms with Crippen LogP contribution in [0, 0.1) is 0 Å². The predicted octanol–water partition coefficient (Wildman–Crippen LogP) is 2.01. The molecule has 0 aromatic rings. The molecule has 0 aromatic heterocycles. The van der Waals surface area contributed by atoms with E-state index in [1.54, 1.807) is 0 Å². The number of nitrogens with one attached hydrogen (secondary N) is 1. The molecule has 0 radical (unpaired) electrons. The van der Waals surface area contributed by atoms with Crippen molar-refractivity contribution in [2.24, 2.45) is 5.73 Å². The van der Waals surface area contributed by atoms with Gasteiger partial charge in [0.1, 0.15) is 0 Å². The van der Waals surface area contributed by atoms with Gasteiger partial charge in [0.2, 0.25) is 0 Å². The Bertz CT molecular complexity index is 164. The first kappa shape index (κ1) is 12.5. The molecule has 0 aromatic carbocycles. The van der Waals surface area contributed by atoms with E-state index in [1.165, 1.54) is 0 Å². The fraction of sp³-hybridized carbons (Fsp3) is 0.600. The van der Waals surface area contributed by atoms with Crippen LogP contribution in [0.15, 0.2) is 23.9 Å². The van der Waals surface area contributed by atoms with Crippen LogP contribution in [0.3, 0.4) is 0 Å². The quantitative estimate of drug-likeness (QED) is 0.377. The van der Waals surface area contributed by atoms with Crippen LogP contribution in [-0.4, -0.2) is 19.0 Å². The zero-order valence-corrected chi connectivity index (χ0v) is 8.98. The summed E-state index contributed by atoms with van der Waals surface area (Å²) >= 11 is 5.61. The second kappa shape index (κ2) is 9.62. The van der Waals surface area contributed by atoms with E-state index in [4.69, 9.17) is 17.3 Å². The van der Waals surface area contributed by atoms with Crippen LogP contribution < -0.4 is 11.1 Å². The molecule has 0 aliphatic heterocycles. The lowest BCUT2D eigenvalue weighted by molar-refractivity contribution is 0.742. The summed E-state index contributed by atoms with van der Waals surface area (Å²) in [7, 11) is 0. The Kier molecular flexibility index (Phi) is 9.27. The standard InChI is InChI=1S/C10H19ClN2/c1-2-3-5-10(6-7-11)13-9-4-8-12/h3,5-6,13H,2,4,7-9,12H2,1H3/b5-3-,10-6+. The Morgan fingerprint density at radius 1 is 1.54 bits per heavy atom. The molecule has 0 heterocycles. The van der Waals surface area contributed by atoms with Crippen LogP contribution in [-0.2, 0) is 0 Å². The van der Waals surface area contributed by atoms with Gasteiger partial charge < -0.3 is 11.1 Å². The predicted molar refractivity (Wildman–Crippen MR) is 59.9 cm³/mol. The molecule has 0 aliphatic carbocycles. The second-order valence-corrected chi connectivity index (χ2v) is 3.00. The molecule has 0 unspecified atom stereocenters. The summed E-state index contributed by atoms with van der Waals surface area (Å²) in [6.07, 6.45) is 8.15. The minimum Gasteiger partial charge on any atom is -0.385 e. The molecule has 0 aliphatic rings. The third-order valence-corrected chi connectivity index (χ3v) is 1.69. The highest BCUT2D eigenvalue weighted by atomic mass is 35.5. The van der Waals surface area contributed by atoms with Gasteiger partial charge in [-0.2, -0.15) is 0 Å². The number of alkyl halides is 1. The fourth-order valence-electron chi connectivity index (χ4n) is 0.862. The van der Waals surface area contributed by atoms with E-state index in [-0.39, 0.29) is 0 Å². The highest BCUT2D eigenvalue weighted by molar-refractivity contribution is 6.18. The van der Waals surface area contributed by atoms with Crippen LogP contribution in [0.2, 0.25) is 0 Å². The SMILES string of the molecule is CC/C=C\C(=C/CCl)NCCCN. The summed E-state index contributed by atoms with van der Waals surface area (Å²) in [6, 6.07) is 0. The van der Waals surface area contributed by atoms with Crippen LogP contribution in [0.25, 0.3) is 0 Å². The Labute approximate surface area is 85.8 Å². The molecule has 0 bridgehead atoms. The molecule has 0 fully saturated rings. The first-order valence-corrected chi connectivity index (χ1v) is 5.25. The molecule has 3 heteroatoms. The number of rotatable bonds is 7. The minimum atomic E-state index is 0.541. The van der Waals surface area contributed by atoms with E-state index in [2.05, 4.69) is 24.4 Å². The Balaban J connectivity index is 3.81. The van der Waals surface area contributed by atoms with Crippen molar-refractivity contribution < 1.29 is 0 Å². The molecular weight excluding hydrogens is 184 g/mol. The summed E-state index contributed by atoms with van der Waals surface area (Å²) in [5.41, 5.74) is 6.47. The molecular formula is C10H19ClN2. The van der Waals surface area contributed by atoms with E-state index in [0.717, 1.165) is 31.6 Å². The van der Waals surface area contributed by atoms with Crippen molar-refractivity contribution in [3.63, 3.8) is 0 Å². The van der Waals surface area contributed by atoms with Gasteiger partial charge in [-0.3, -0.25) is 0 Å². The smallest absolute Gasteiger partial charge is 0.0426 e. The number of allylic oxidation sites excluding steroid dienone is 3. The largest absolute Gasteiger partial charge is 0.385 e. The van der Waals surface area contributed by atoms with Gasteiger partial charge in [0.15, 0.2) is 0 Å². The van der Waals surface area contributed by atoms with Gasteiger partial charge in [-0.25, -0.2) is 0 Å². The lowest BCUT2D eigenvalue weighted by atomic mass is 10.3. The maximum absolute atomic E-state index is 5.61. The van der Waals surface area contributed by atoms with E-state index >= 15 is 0 Å². The van der Waals surface area contributed by atoms with E-state index < -0.39 is 0 Å². The van der Waals surface area contributed by atoms with E-state index in [0.29, 0.717) is 5.88 Å². The molecule has 13 heavy (non-hydrogen) atoms. The normalized spacial score (nSPS) is 12.4. The average molecular weight is 203 g/mol. The molecule has 2 nitrogen and oxygen atoms in total. The summed E-state index contributed by atoms with van der Waals surface area (Å²) in [5, 5.41) is 3.27. The molecule has 0 saturated heterocycles. The van der Waals surface area contributed by atoms with Gasteiger partial charge in [-0.15, -0.1) is 11.6 Å². The third kappa shape index (κ3) is 7.88. The Morgan fingerprint density at radius 2 is 2.31 bits per heavy atom. The summed E-state index contributed by atoms with van der Waals surface area (Å²) < 4.78 is 0. The summed E-state index contributed by atoms with van der Waals surface area (Å²) in [5.74, 6) is 0.541. The van der Waals surface area contributed by atoms with Crippen LogP contribution >= 0.6 is 11.6 Å². The highest BCUT2D eigenvalue weighted by Gasteiger charge is 1.89. The number of nitrogens with two attached hydrogens (primary N) is 1. The van der Waals surface area contributed by atoms with Gasteiger partial charge >= 0.3 is 0 Å². The van der Waals surface area contributed by atoms with Crippen LogP contribution in [0.4, 0.5) is 0 Å². The van der Waals surface area contributed by atoms with Crippen molar-refractivity contribution in [1.29, 1.82) is 0 Å². The zero-order chi connectivity index (χ0) is 9.94. The molecule has 3 N–H and O–H groups in total. The van der Waals surface area contributed by atoms with Crippen molar-refractivity contribution in [2.75, 3.05) is 19.0 Å². The number of halogens is 1. The summed E-state index contributed by atoms with van der Waals surface area (Å²) in [4.78, 5) is 0. The topological polar surface area (TPSA) is 38.0 Å². The average Bonchev–Trinajstić information content (AvgIpc) is 2.14. The lowest BCUT2D eigenvalue weighted by Crippen LogP contribution is -2.16. The van der Waals surface area contributed by atoms with Crippen LogP contribution in [0.5, 0.6) is 0 Å². The van der Waals surface area contributed by atoms with Crippen molar-refractivity contribution in [3.05, 3.63) is 23.9 Å². The van der Waals surface area contributed by atoms with Crippen molar-refractivity contribution >= 4 is 11.6 Å². The summed E-state index contributed by atoms with van der Waals surface area (Å²) in [6.45, 7) is 3.74. The van der Waals surface area contributed by atoms with E-state index in [9.17, 15) is 0 Å². The van der Waals surface area contributed by atoms with Gasteiger partial charge in [-0.1, -0.05) is 13.0 Å². The van der Waals surface area contributed by atoms with Crippen molar-refractivity contribution in [1.82, 2.24) is 5.32 Å². The minimum absolute atomic E-state index is 0.541. The highest BCUT2D eigenvalue weighted by Crippen LogP contribution is 1.95.